The van der Waals surface area contributed by atoms with Crippen molar-refractivity contribution in [1.82, 2.24) is 20.9 Å². The van der Waals surface area contributed by atoms with Crippen molar-refractivity contribution in [2.45, 2.75) is 19.1 Å². The van der Waals surface area contributed by atoms with Gasteiger partial charge >= 0.3 is 12.1 Å². The lowest BCUT2D eigenvalue weighted by atomic mass is 9.86. The van der Waals surface area contributed by atoms with E-state index in [0.717, 1.165) is 0 Å². The zero-order valence-corrected chi connectivity index (χ0v) is 14.2. The number of fused-ring (bicyclic) bond motifs is 1. The van der Waals surface area contributed by atoms with Crippen molar-refractivity contribution in [3.05, 3.63) is 23.8 Å². The molecule has 3 N–H and O–H groups in total. The predicted octanol–water partition coefficient (Wildman–Crippen LogP) is 0.572. The van der Waals surface area contributed by atoms with Crippen LogP contribution in [0.2, 0.25) is 0 Å². The van der Waals surface area contributed by atoms with Crippen LogP contribution in [0.3, 0.4) is 0 Å². The molecule has 3 rings (SSSR count). The van der Waals surface area contributed by atoms with Crippen LogP contribution in [0.4, 0.5) is 9.59 Å². The first-order valence-corrected chi connectivity index (χ1v) is 7.91. The Kier molecular flexibility index (Phi) is 4.39. The Balaban J connectivity index is 1.98. The molecular weight excluding hydrogens is 328 g/mol. The monoisotopic (exact) mass is 348 g/mol. The minimum Gasteiger partial charge on any atom is -0.493 e. The molecule has 0 saturated carbocycles. The Labute approximate surface area is 144 Å². The van der Waals surface area contributed by atoms with E-state index >= 15 is 0 Å². The molecule has 9 heteroatoms. The molecule has 1 aromatic carbocycles. The molecule has 2 fully saturated rings. The second kappa shape index (κ2) is 6.50. The maximum Gasteiger partial charge on any atom is 0.325 e. The van der Waals surface area contributed by atoms with Gasteiger partial charge in [-0.3, -0.25) is 10.1 Å². The molecule has 0 spiro atoms. The summed E-state index contributed by atoms with van der Waals surface area (Å²) in [6.45, 7) is 2.35. The highest BCUT2D eigenvalue weighted by Crippen LogP contribution is 2.36. The molecule has 25 heavy (non-hydrogen) atoms. The second-order valence-electron chi connectivity index (χ2n) is 5.81. The summed E-state index contributed by atoms with van der Waals surface area (Å²) < 4.78 is 10.8. The Morgan fingerprint density at radius 3 is 2.60 bits per heavy atom. The molecule has 2 saturated heterocycles. The van der Waals surface area contributed by atoms with E-state index < -0.39 is 36.1 Å². The molecule has 2 aliphatic rings. The van der Waals surface area contributed by atoms with Crippen molar-refractivity contribution in [1.29, 1.82) is 0 Å². The van der Waals surface area contributed by atoms with Gasteiger partial charge < -0.3 is 25.0 Å². The third-order valence-corrected chi connectivity index (χ3v) is 4.38. The van der Waals surface area contributed by atoms with Gasteiger partial charge in [-0.1, -0.05) is 6.07 Å². The summed E-state index contributed by atoms with van der Waals surface area (Å²) in [4.78, 5) is 37.6. The number of urea groups is 2. The van der Waals surface area contributed by atoms with Gasteiger partial charge in [0.25, 0.3) is 0 Å². The van der Waals surface area contributed by atoms with Crippen LogP contribution in [-0.4, -0.2) is 49.8 Å². The fraction of sp³-hybridized carbons (Fsp3) is 0.438. The highest BCUT2D eigenvalue weighted by molar-refractivity contribution is 6.00. The molecule has 0 aromatic heterocycles. The highest BCUT2D eigenvalue weighted by atomic mass is 16.5. The van der Waals surface area contributed by atoms with Crippen LogP contribution in [0.25, 0.3) is 0 Å². The number of ether oxygens (including phenoxy) is 2. The van der Waals surface area contributed by atoms with Gasteiger partial charge in [0, 0.05) is 7.05 Å². The minimum absolute atomic E-state index is 0.446. The number of hydrogen-bond acceptors (Lipinski definition) is 5. The second-order valence-corrected chi connectivity index (χ2v) is 5.81. The van der Waals surface area contributed by atoms with Crippen LogP contribution < -0.4 is 25.4 Å². The van der Waals surface area contributed by atoms with E-state index in [1.807, 2.05) is 6.92 Å². The van der Waals surface area contributed by atoms with Crippen LogP contribution in [0.1, 0.15) is 18.5 Å². The van der Waals surface area contributed by atoms with Gasteiger partial charge in [-0.25, -0.2) is 9.59 Å². The van der Waals surface area contributed by atoms with Crippen LogP contribution in [0, 0.1) is 5.92 Å². The fourth-order valence-electron chi connectivity index (χ4n) is 3.16. The number of nitrogens with zero attached hydrogens (tertiary/aromatic N) is 1. The summed E-state index contributed by atoms with van der Waals surface area (Å²) in [5.74, 6) is -0.0446. The lowest BCUT2D eigenvalue weighted by Gasteiger charge is -2.45. The molecule has 5 amide bonds. The normalized spacial score (nSPS) is 25.5. The Bertz CT molecular complexity index is 722. The van der Waals surface area contributed by atoms with Crippen molar-refractivity contribution in [3.8, 4) is 11.5 Å². The van der Waals surface area contributed by atoms with Gasteiger partial charge in [0.15, 0.2) is 11.5 Å². The number of imide groups is 1. The van der Waals surface area contributed by atoms with Crippen molar-refractivity contribution >= 4 is 18.0 Å². The minimum atomic E-state index is -0.724. The third kappa shape index (κ3) is 2.92. The number of methoxy groups -OCH3 is 1. The molecule has 134 valence electrons. The Morgan fingerprint density at radius 2 is 1.92 bits per heavy atom. The van der Waals surface area contributed by atoms with Crippen molar-refractivity contribution < 1.29 is 23.9 Å². The first kappa shape index (κ1) is 16.9. The summed E-state index contributed by atoms with van der Waals surface area (Å²) in [6, 6.07) is 3.62. The number of amides is 5. The molecule has 0 radical (unpaired) electrons. The van der Waals surface area contributed by atoms with E-state index in [-0.39, 0.29) is 0 Å². The van der Waals surface area contributed by atoms with Gasteiger partial charge in [0.05, 0.1) is 19.8 Å². The number of carbonyl (C=O) groups is 3. The van der Waals surface area contributed by atoms with Crippen LogP contribution in [0.5, 0.6) is 11.5 Å². The average Bonchev–Trinajstić information content (AvgIpc) is 2.59. The Morgan fingerprint density at radius 1 is 1.16 bits per heavy atom. The SMILES string of the molecule is CCOc1ccc(C2NC(=O)NC3C2C(=O)NC(=O)N3C)cc1OC. The molecule has 0 bridgehead atoms. The lowest BCUT2D eigenvalue weighted by molar-refractivity contribution is -0.130. The molecule has 0 aliphatic carbocycles. The van der Waals surface area contributed by atoms with Crippen LogP contribution >= 0.6 is 0 Å². The van der Waals surface area contributed by atoms with Gasteiger partial charge in [-0.15, -0.1) is 0 Å². The largest absolute Gasteiger partial charge is 0.493 e. The number of rotatable bonds is 4. The van der Waals surface area contributed by atoms with E-state index in [1.54, 1.807) is 18.2 Å². The van der Waals surface area contributed by atoms with E-state index in [4.69, 9.17) is 9.47 Å². The van der Waals surface area contributed by atoms with E-state index in [1.165, 1.54) is 19.1 Å². The first-order chi connectivity index (χ1) is 12.0. The summed E-state index contributed by atoms with van der Waals surface area (Å²) in [5.41, 5.74) is 0.683. The maximum atomic E-state index is 12.4. The summed E-state index contributed by atoms with van der Waals surface area (Å²) in [5, 5.41) is 7.69. The third-order valence-electron chi connectivity index (χ3n) is 4.38. The molecule has 2 aliphatic heterocycles. The number of hydrogen-bond donors (Lipinski definition) is 3. The molecule has 3 unspecified atom stereocenters. The molecule has 2 heterocycles. The number of nitrogens with one attached hydrogen (secondary N) is 3. The quantitative estimate of drug-likeness (QED) is 0.737. The van der Waals surface area contributed by atoms with Gasteiger partial charge in [-0.2, -0.15) is 0 Å². The average molecular weight is 348 g/mol. The van der Waals surface area contributed by atoms with Crippen molar-refractivity contribution in [2.24, 2.45) is 5.92 Å². The summed E-state index contributed by atoms with van der Waals surface area (Å²) in [6.07, 6.45) is -0.724. The topological polar surface area (TPSA) is 109 Å². The molecule has 1 aromatic rings. The standard InChI is InChI=1S/C16H20N4O5/c1-4-25-9-6-5-8(7-10(9)24-3)12-11-13(18-15(22)17-12)20(2)16(23)19-14(11)21/h5-7,11-13H,4H2,1-3H3,(H2,17,18,22)(H,19,21,23). The van der Waals surface area contributed by atoms with Crippen LogP contribution in [0.15, 0.2) is 18.2 Å². The van der Waals surface area contributed by atoms with Gasteiger partial charge in [0.1, 0.15) is 12.1 Å². The fourth-order valence-corrected chi connectivity index (χ4v) is 3.16. The smallest absolute Gasteiger partial charge is 0.325 e. The van der Waals surface area contributed by atoms with E-state index in [0.29, 0.717) is 23.7 Å². The molecular formula is C16H20N4O5. The number of benzene rings is 1. The van der Waals surface area contributed by atoms with Gasteiger partial charge in [-0.05, 0) is 24.6 Å². The number of carbonyl (C=O) groups excluding carboxylic acids is 3. The lowest BCUT2D eigenvalue weighted by Crippen LogP contribution is -2.71. The predicted molar refractivity (Wildman–Crippen MR) is 87.2 cm³/mol. The highest BCUT2D eigenvalue weighted by Gasteiger charge is 2.48. The zero-order chi connectivity index (χ0) is 18.1. The van der Waals surface area contributed by atoms with E-state index in [2.05, 4.69) is 16.0 Å². The van der Waals surface area contributed by atoms with Crippen LogP contribution in [-0.2, 0) is 4.79 Å². The Hall–Kier alpha value is -2.97. The zero-order valence-electron chi connectivity index (χ0n) is 14.2. The maximum absolute atomic E-state index is 12.4. The van der Waals surface area contributed by atoms with E-state index in [9.17, 15) is 14.4 Å². The summed E-state index contributed by atoms with van der Waals surface area (Å²) >= 11 is 0. The molecule has 9 nitrogen and oxygen atoms in total. The van der Waals surface area contributed by atoms with Crippen molar-refractivity contribution in [2.75, 3.05) is 20.8 Å². The first-order valence-electron chi connectivity index (χ1n) is 7.91. The van der Waals surface area contributed by atoms with Crippen molar-refractivity contribution in [3.63, 3.8) is 0 Å². The van der Waals surface area contributed by atoms with Gasteiger partial charge in [0.2, 0.25) is 5.91 Å². The molecule has 3 atom stereocenters. The summed E-state index contributed by atoms with van der Waals surface area (Å²) in [7, 11) is 3.05.